The predicted molar refractivity (Wildman–Crippen MR) is 77.2 cm³/mol. The quantitative estimate of drug-likeness (QED) is 0.884. The average molecular weight is 296 g/mol. The molecule has 0 aromatic heterocycles. The number of rotatable bonds is 4. The number of nitrogens with one attached hydrogen (secondary N) is 1. The maximum Gasteiger partial charge on any atom is 0.337 e. The molecule has 0 aliphatic carbocycles. The van der Waals surface area contributed by atoms with E-state index in [1.54, 1.807) is 12.1 Å². The second kappa shape index (κ2) is 5.95. The van der Waals surface area contributed by atoms with Crippen molar-refractivity contribution in [1.82, 2.24) is 0 Å². The highest BCUT2D eigenvalue weighted by Gasteiger charge is 2.08. The van der Waals surface area contributed by atoms with Crippen LogP contribution in [-0.2, 0) is 6.54 Å². The summed E-state index contributed by atoms with van der Waals surface area (Å²) in [4.78, 5) is 10.8. The molecule has 0 amide bonds. The maximum atomic E-state index is 10.8. The summed E-state index contributed by atoms with van der Waals surface area (Å²) in [5.74, 6) is -1.04. The van der Waals surface area contributed by atoms with E-state index in [4.69, 9.17) is 28.3 Å². The van der Waals surface area contributed by atoms with E-state index in [0.29, 0.717) is 11.6 Å². The number of hydrogen-bond donors (Lipinski definition) is 2. The fourth-order valence-corrected chi connectivity index (χ4v) is 2.10. The largest absolute Gasteiger partial charge is 0.478 e. The van der Waals surface area contributed by atoms with E-state index >= 15 is 0 Å². The number of hydrogen-bond acceptors (Lipinski definition) is 2. The Balaban J connectivity index is 2.11. The first-order chi connectivity index (χ1) is 9.08. The second-order valence-corrected chi connectivity index (χ2v) is 4.76. The summed E-state index contributed by atoms with van der Waals surface area (Å²) < 4.78 is 0. The van der Waals surface area contributed by atoms with Gasteiger partial charge >= 0.3 is 5.97 Å². The Morgan fingerprint density at radius 1 is 1.11 bits per heavy atom. The van der Waals surface area contributed by atoms with Crippen LogP contribution in [0.3, 0.4) is 0 Å². The van der Waals surface area contributed by atoms with E-state index in [2.05, 4.69) is 5.32 Å². The Bertz CT molecular complexity index is 614. The zero-order valence-electron chi connectivity index (χ0n) is 9.86. The van der Waals surface area contributed by atoms with Crippen LogP contribution in [0.5, 0.6) is 0 Å². The molecule has 0 unspecified atom stereocenters. The Morgan fingerprint density at radius 3 is 2.47 bits per heavy atom. The number of carbonyl (C=O) groups is 1. The standard InChI is InChI=1S/C14H11Cl2NO2/c15-12-4-2-1-3-9(12)8-17-10-5-6-11(14(18)19)13(16)7-10/h1-7,17H,8H2,(H,18,19). The van der Waals surface area contributed by atoms with Gasteiger partial charge in [0.2, 0.25) is 0 Å². The van der Waals surface area contributed by atoms with Gasteiger partial charge in [-0.15, -0.1) is 0 Å². The normalized spacial score (nSPS) is 10.2. The van der Waals surface area contributed by atoms with Crippen molar-refractivity contribution in [2.75, 3.05) is 5.32 Å². The molecule has 0 heterocycles. The first-order valence-corrected chi connectivity index (χ1v) is 6.33. The fourth-order valence-electron chi connectivity index (χ4n) is 1.64. The highest BCUT2D eigenvalue weighted by molar-refractivity contribution is 6.33. The summed E-state index contributed by atoms with van der Waals surface area (Å²) in [7, 11) is 0. The molecule has 0 saturated carbocycles. The van der Waals surface area contributed by atoms with Gasteiger partial charge in [0, 0.05) is 17.3 Å². The van der Waals surface area contributed by atoms with E-state index in [9.17, 15) is 4.79 Å². The molecule has 5 heteroatoms. The Morgan fingerprint density at radius 2 is 1.84 bits per heavy atom. The van der Waals surface area contributed by atoms with Crippen LogP contribution in [0.4, 0.5) is 5.69 Å². The molecule has 0 atom stereocenters. The second-order valence-electron chi connectivity index (χ2n) is 3.94. The van der Waals surface area contributed by atoms with Crippen LogP contribution < -0.4 is 5.32 Å². The van der Waals surface area contributed by atoms with Crippen molar-refractivity contribution in [2.24, 2.45) is 0 Å². The molecule has 2 aromatic carbocycles. The summed E-state index contributed by atoms with van der Waals surface area (Å²) in [5.41, 5.74) is 1.79. The van der Waals surface area contributed by atoms with Crippen LogP contribution in [0.15, 0.2) is 42.5 Å². The SMILES string of the molecule is O=C(O)c1ccc(NCc2ccccc2Cl)cc1Cl. The van der Waals surface area contributed by atoms with Gasteiger partial charge in [-0.05, 0) is 29.8 Å². The van der Waals surface area contributed by atoms with E-state index in [0.717, 1.165) is 11.3 Å². The summed E-state index contributed by atoms with van der Waals surface area (Å²) in [6.45, 7) is 0.544. The van der Waals surface area contributed by atoms with Gasteiger partial charge < -0.3 is 10.4 Å². The predicted octanol–water partition coefficient (Wildman–Crippen LogP) is 4.30. The third kappa shape index (κ3) is 3.40. The van der Waals surface area contributed by atoms with Crippen LogP contribution in [0, 0.1) is 0 Å². The lowest BCUT2D eigenvalue weighted by Crippen LogP contribution is -2.02. The first-order valence-electron chi connectivity index (χ1n) is 5.58. The zero-order valence-corrected chi connectivity index (χ0v) is 11.4. The number of anilines is 1. The third-order valence-corrected chi connectivity index (χ3v) is 3.32. The van der Waals surface area contributed by atoms with Crippen LogP contribution in [0.25, 0.3) is 0 Å². The van der Waals surface area contributed by atoms with Crippen molar-refractivity contribution in [3.05, 3.63) is 63.6 Å². The van der Waals surface area contributed by atoms with Gasteiger partial charge in [-0.25, -0.2) is 4.79 Å². The molecule has 0 spiro atoms. The molecule has 0 aliphatic heterocycles. The molecule has 98 valence electrons. The smallest absolute Gasteiger partial charge is 0.337 e. The molecule has 0 saturated heterocycles. The van der Waals surface area contributed by atoms with Crippen LogP contribution in [0.1, 0.15) is 15.9 Å². The Hall–Kier alpha value is -1.71. The van der Waals surface area contributed by atoms with Crippen molar-refractivity contribution < 1.29 is 9.90 Å². The molecule has 0 fully saturated rings. The van der Waals surface area contributed by atoms with Crippen LogP contribution in [-0.4, -0.2) is 11.1 Å². The lowest BCUT2D eigenvalue weighted by atomic mass is 10.2. The average Bonchev–Trinajstić information content (AvgIpc) is 2.37. The lowest BCUT2D eigenvalue weighted by molar-refractivity contribution is 0.0697. The molecule has 2 N–H and O–H groups in total. The summed E-state index contributed by atoms with van der Waals surface area (Å²) in [6.07, 6.45) is 0. The first kappa shape index (κ1) is 13.7. The van der Waals surface area contributed by atoms with Gasteiger partial charge in [-0.3, -0.25) is 0 Å². The van der Waals surface area contributed by atoms with Crippen molar-refractivity contribution in [1.29, 1.82) is 0 Å². The maximum absolute atomic E-state index is 10.8. The minimum Gasteiger partial charge on any atom is -0.478 e. The van der Waals surface area contributed by atoms with Gasteiger partial charge in [-0.2, -0.15) is 0 Å². The summed E-state index contributed by atoms with van der Waals surface area (Å²) in [6, 6.07) is 12.2. The van der Waals surface area contributed by atoms with Crippen molar-refractivity contribution >= 4 is 34.9 Å². The third-order valence-electron chi connectivity index (χ3n) is 2.64. The monoisotopic (exact) mass is 295 g/mol. The van der Waals surface area contributed by atoms with E-state index < -0.39 is 5.97 Å². The Kier molecular flexibility index (Phi) is 4.30. The minimum atomic E-state index is -1.04. The summed E-state index contributed by atoms with van der Waals surface area (Å²) >= 11 is 11.9. The molecule has 0 bridgehead atoms. The van der Waals surface area contributed by atoms with Gasteiger partial charge in [0.05, 0.1) is 10.6 Å². The number of aromatic carboxylic acids is 1. The molecule has 0 aliphatic rings. The van der Waals surface area contributed by atoms with Gasteiger partial charge in [0.15, 0.2) is 0 Å². The van der Waals surface area contributed by atoms with E-state index in [1.165, 1.54) is 6.07 Å². The van der Waals surface area contributed by atoms with Crippen LogP contribution >= 0.6 is 23.2 Å². The highest BCUT2D eigenvalue weighted by Crippen LogP contribution is 2.22. The summed E-state index contributed by atoms with van der Waals surface area (Å²) in [5, 5.41) is 12.9. The van der Waals surface area contributed by atoms with Crippen molar-refractivity contribution in [2.45, 2.75) is 6.54 Å². The van der Waals surface area contributed by atoms with Gasteiger partial charge in [0.25, 0.3) is 0 Å². The highest BCUT2D eigenvalue weighted by atomic mass is 35.5. The van der Waals surface area contributed by atoms with Gasteiger partial charge in [0.1, 0.15) is 0 Å². The molecular formula is C14H11Cl2NO2. The molecule has 3 nitrogen and oxygen atoms in total. The number of benzene rings is 2. The number of halogens is 2. The van der Waals surface area contributed by atoms with Crippen molar-refractivity contribution in [3.8, 4) is 0 Å². The topological polar surface area (TPSA) is 49.3 Å². The van der Waals surface area contributed by atoms with Gasteiger partial charge in [-0.1, -0.05) is 41.4 Å². The fraction of sp³-hybridized carbons (Fsp3) is 0.0714. The number of carboxylic acid groups (broad SMARTS) is 1. The molecule has 19 heavy (non-hydrogen) atoms. The number of carboxylic acids is 1. The lowest BCUT2D eigenvalue weighted by Gasteiger charge is -2.09. The van der Waals surface area contributed by atoms with E-state index in [-0.39, 0.29) is 10.6 Å². The van der Waals surface area contributed by atoms with Crippen LogP contribution in [0.2, 0.25) is 10.0 Å². The molecule has 2 aromatic rings. The Labute approximate surface area is 120 Å². The molecule has 2 rings (SSSR count). The minimum absolute atomic E-state index is 0.0879. The van der Waals surface area contributed by atoms with Crippen molar-refractivity contribution in [3.63, 3.8) is 0 Å². The zero-order chi connectivity index (χ0) is 13.8. The molecule has 0 radical (unpaired) electrons. The van der Waals surface area contributed by atoms with E-state index in [1.807, 2.05) is 24.3 Å². The molecular weight excluding hydrogens is 285 g/mol.